The maximum atomic E-state index is 10.3. The van der Waals surface area contributed by atoms with E-state index >= 15 is 0 Å². The highest BCUT2D eigenvalue weighted by Gasteiger charge is 2.32. The molecule has 0 aliphatic carbocycles. The summed E-state index contributed by atoms with van der Waals surface area (Å²) >= 11 is 3.46. The van der Waals surface area contributed by atoms with Gasteiger partial charge in [0.15, 0.2) is 0 Å². The van der Waals surface area contributed by atoms with E-state index in [0.717, 1.165) is 27.0 Å². The van der Waals surface area contributed by atoms with Gasteiger partial charge in [0.1, 0.15) is 5.75 Å². The fraction of sp³-hybridized carbons (Fsp3) is 0.286. The maximum absolute atomic E-state index is 10.3. The summed E-state index contributed by atoms with van der Waals surface area (Å²) in [4.78, 5) is 0. The lowest BCUT2D eigenvalue weighted by Crippen LogP contribution is -2.22. The van der Waals surface area contributed by atoms with Gasteiger partial charge >= 0.3 is 0 Å². The molecule has 1 aliphatic heterocycles. The highest BCUT2D eigenvalue weighted by Crippen LogP contribution is 2.39. The average Bonchev–Trinajstić information content (AvgIpc) is 2.99. The summed E-state index contributed by atoms with van der Waals surface area (Å²) in [6.45, 7) is 5.40. The number of hydrogen-bond acceptors (Lipinski definition) is 4. The topological polar surface area (TPSA) is 56.1 Å². The van der Waals surface area contributed by atoms with Crippen molar-refractivity contribution >= 4 is 21.6 Å². The van der Waals surface area contributed by atoms with Gasteiger partial charge in [0, 0.05) is 22.2 Å². The van der Waals surface area contributed by atoms with Gasteiger partial charge in [0.2, 0.25) is 0 Å². The number of phenols is 1. The van der Waals surface area contributed by atoms with Gasteiger partial charge in [-0.3, -0.25) is 5.01 Å². The molecule has 0 spiro atoms. The van der Waals surface area contributed by atoms with Crippen LogP contribution < -0.4 is 0 Å². The lowest BCUT2D eigenvalue weighted by atomic mass is 9.97. The van der Waals surface area contributed by atoms with Crippen molar-refractivity contribution in [3.8, 4) is 5.75 Å². The van der Waals surface area contributed by atoms with Crippen LogP contribution in [0.3, 0.4) is 0 Å². The van der Waals surface area contributed by atoms with Gasteiger partial charge in [0.25, 0.3) is 0 Å². The molecule has 0 amide bonds. The molecule has 0 radical (unpaired) electrons. The largest absolute Gasteiger partial charge is 0.508 e. The van der Waals surface area contributed by atoms with Crippen LogP contribution in [0.4, 0.5) is 0 Å². The van der Waals surface area contributed by atoms with Crippen molar-refractivity contribution in [2.45, 2.75) is 38.8 Å². The fourth-order valence-corrected chi connectivity index (χ4v) is 3.51. The van der Waals surface area contributed by atoms with Crippen LogP contribution in [0.25, 0.3) is 0 Å². The third kappa shape index (κ3) is 4.17. The number of nitrogens with zero attached hydrogens (tertiary/aromatic N) is 2. The number of benzene rings is 2. The van der Waals surface area contributed by atoms with E-state index in [-0.39, 0.29) is 11.8 Å². The summed E-state index contributed by atoms with van der Waals surface area (Å²) in [5, 5.41) is 27.2. The quantitative estimate of drug-likeness (QED) is 0.741. The lowest BCUT2D eigenvalue weighted by Gasteiger charge is -2.26. The van der Waals surface area contributed by atoms with Crippen LogP contribution in [0.2, 0.25) is 0 Å². The fourth-order valence-electron chi connectivity index (χ4n) is 3.24. The molecular formula is C21H23BrN2O2. The predicted octanol–water partition coefficient (Wildman–Crippen LogP) is 4.98. The van der Waals surface area contributed by atoms with Gasteiger partial charge in [-0.15, -0.1) is 0 Å². The van der Waals surface area contributed by atoms with Crippen molar-refractivity contribution in [1.29, 1.82) is 0 Å². The first kappa shape index (κ1) is 18.7. The summed E-state index contributed by atoms with van der Waals surface area (Å²) in [6.07, 6.45) is 2.46. The summed E-state index contributed by atoms with van der Waals surface area (Å²) < 4.78 is 1.02. The van der Waals surface area contributed by atoms with Crippen molar-refractivity contribution in [3.05, 3.63) is 75.9 Å². The van der Waals surface area contributed by atoms with Crippen LogP contribution in [-0.2, 0) is 0 Å². The molecule has 1 heterocycles. The Labute approximate surface area is 162 Å². The Morgan fingerprint density at radius 2 is 1.85 bits per heavy atom. The molecule has 3 rings (SSSR count). The molecule has 0 bridgehead atoms. The number of allylic oxidation sites excluding steroid dienone is 1. The first-order chi connectivity index (χ1) is 12.2. The number of rotatable bonds is 4. The number of para-hydroxylation sites is 1. The predicted molar refractivity (Wildman–Crippen MR) is 108 cm³/mol. The van der Waals surface area contributed by atoms with Crippen LogP contribution in [0, 0.1) is 0 Å². The summed E-state index contributed by atoms with van der Waals surface area (Å²) in [5.74, 6) is 0.255. The van der Waals surface area contributed by atoms with Gasteiger partial charge in [-0.2, -0.15) is 5.10 Å². The molecule has 1 atom stereocenters. The van der Waals surface area contributed by atoms with Crippen molar-refractivity contribution < 1.29 is 10.2 Å². The van der Waals surface area contributed by atoms with E-state index in [0.29, 0.717) is 6.42 Å². The minimum absolute atomic E-state index is 0.117. The van der Waals surface area contributed by atoms with Crippen molar-refractivity contribution in [3.63, 3.8) is 0 Å². The second kappa shape index (κ2) is 7.25. The Balaban J connectivity index is 2.02. The second-order valence-corrected chi connectivity index (χ2v) is 8.03. The normalized spacial score (nSPS) is 18.2. The van der Waals surface area contributed by atoms with E-state index in [4.69, 9.17) is 5.10 Å². The number of aliphatic hydroxyl groups is 1. The molecule has 5 heteroatoms. The monoisotopic (exact) mass is 414 g/mol. The molecule has 1 aliphatic rings. The summed E-state index contributed by atoms with van der Waals surface area (Å²) in [5.41, 5.74) is 2.73. The average molecular weight is 415 g/mol. The number of hydrogen-bond donors (Lipinski definition) is 2. The summed E-state index contributed by atoms with van der Waals surface area (Å²) in [6, 6.07) is 15.3. The SMILES string of the molecule is C/C(=C\C(C)(C)O)N1N=C(c2ccc(Br)cc2)C[C@@H]1c1ccccc1O. The number of hydrazone groups is 1. The van der Waals surface area contributed by atoms with Crippen LogP contribution in [0.15, 0.2) is 69.9 Å². The Morgan fingerprint density at radius 3 is 2.46 bits per heavy atom. The first-order valence-electron chi connectivity index (χ1n) is 8.57. The van der Waals surface area contributed by atoms with Gasteiger partial charge in [-0.1, -0.05) is 46.3 Å². The van der Waals surface area contributed by atoms with E-state index in [2.05, 4.69) is 15.9 Å². The van der Waals surface area contributed by atoms with Crippen LogP contribution in [0.1, 0.15) is 44.4 Å². The van der Waals surface area contributed by atoms with Crippen LogP contribution in [0.5, 0.6) is 5.75 Å². The zero-order valence-electron chi connectivity index (χ0n) is 15.1. The maximum Gasteiger partial charge on any atom is 0.120 e. The van der Waals surface area contributed by atoms with Gasteiger partial charge in [-0.25, -0.2) is 0 Å². The van der Waals surface area contributed by atoms with E-state index in [1.54, 1.807) is 26.0 Å². The molecular weight excluding hydrogens is 392 g/mol. The third-order valence-electron chi connectivity index (χ3n) is 4.31. The molecule has 2 aromatic rings. The van der Waals surface area contributed by atoms with Gasteiger partial charge in [0.05, 0.1) is 17.4 Å². The zero-order chi connectivity index (χ0) is 18.9. The van der Waals surface area contributed by atoms with Crippen LogP contribution in [-0.4, -0.2) is 26.5 Å². The van der Waals surface area contributed by atoms with E-state index in [1.807, 2.05) is 54.4 Å². The Kier molecular flexibility index (Phi) is 5.21. The molecule has 2 N–H and O–H groups in total. The zero-order valence-corrected chi connectivity index (χ0v) is 16.7. The highest BCUT2D eigenvalue weighted by atomic mass is 79.9. The van der Waals surface area contributed by atoms with Gasteiger partial charge < -0.3 is 10.2 Å². The molecule has 2 aromatic carbocycles. The molecule has 0 saturated carbocycles. The Hall–Kier alpha value is -2.11. The van der Waals surface area contributed by atoms with Crippen molar-refractivity contribution in [2.24, 2.45) is 5.10 Å². The van der Waals surface area contributed by atoms with E-state index < -0.39 is 5.60 Å². The molecule has 0 fully saturated rings. The minimum atomic E-state index is -0.941. The second-order valence-electron chi connectivity index (χ2n) is 7.12. The van der Waals surface area contributed by atoms with Crippen molar-refractivity contribution in [1.82, 2.24) is 5.01 Å². The molecule has 4 nitrogen and oxygen atoms in total. The van der Waals surface area contributed by atoms with Crippen molar-refractivity contribution in [2.75, 3.05) is 0 Å². The standard InChI is InChI=1S/C21H23BrN2O2/c1-14(13-21(2,3)26)24-19(17-6-4-5-7-20(17)25)12-18(23-24)15-8-10-16(22)11-9-15/h4-11,13,19,25-26H,12H2,1-3H3/b14-13+/t19-/m1/s1. The highest BCUT2D eigenvalue weighted by molar-refractivity contribution is 9.10. The van der Waals surface area contributed by atoms with Crippen LogP contribution >= 0.6 is 15.9 Å². The molecule has 136 valence electrons. The molecule has 0 saturated heterocycles. The molecule has 26 heavy (non-hydrogen) atoms. The number of phenolic OH excluding ortho intramolecular Hbond substituents is 1. The minimum Gasteiger partial charge on any atom is -0.508 e. The van der Waals surface area contributed by atoms with E-state index in [1.165, 1.54) is 0 Å². The van der Waals surface area contributed by atoms with E-state index in [9.17, 15) is 10.2 Å². The number of halogens is 1. The number of aromatic hydroxyl groups is 1. The molecule has 0 aromatic heterocycles. The smallest absolute Gasteiger partial charge is 0.120 e. The Bertz CT molecular complexity index is 851. The third-order valence-corrected chi connectivity index (χ3v) is 4.84. The summed E-state index contributed by atoms with van der Waals surface area (Å²) in [7, 11) is 0. The van der Waals surface area contributed by atoms with Gasteiger partial charge in [-0.05, 0) is 50.6 Å². The Morgan fingerprint density at radius 1 is 1.19 bits per heavy atom. The first-order valence-corrected chi connectivity index (χ1v) is 9.36. The lowest BCUT2D eigenvalue weighted by molar-refractivity contribution is 0.128. The molecule has 0 unspecified atom stereocenters.